The highest BCUT2D eigenvalue weighted by atomic mass is 79.9. The Morgan fingerprint density at radius 3 is 2.78 bits per heavy atom. The molecule has 0 amide bonds. The van der Waals surface area contributed by atoms with Gasteiger partial charge in [-0.1, -0.05) is 29.4 Å². The largest absolute Gasteiger partial charge is 0.497 e. The van der Waals surface area contributed by atoms with Gasteiger partial charge >= 0.3 is 0 Å². The Labute approximate surface area is 117 Å². The molecular weight excluding hydrogens is 294 g/mol. The fourth-order valence-electron chi connectivity index (χ4n) is 1.57. The lowest BCUT2D eigenvalue weighted by molar-refractivity contribution is 0.353. The van der Waals surface area contributed by atoms with Gasteiger partial charge in [0.1, 0.15) is 18.1 Å². The van der Waals surface area contributed by atoms with Gasteiger partial charge < -0.3 is 15.2 Å². The van der Waals surface area contributed by atoms with Crippen LogP contribution < -0.4 is 15.2 Å². The summed E-state index contributed by atoms with van der Waals surface area (Å²) in [7, 11) is 1.65. The van der Waals surface area contributed by atoms with Crippen molar-refractivity contribution in [2.75, 3.05) is 13.7 Å². The molecule has 1 atom stereocenters. The molecule has 3 nitrogen and oxygen atoms in total. The first-order chi connectivity index (χ1) is 8.56. The van der Waals surface area contributed by atoms with Crippen molar-refractivity contribution in [1.82, 2.24) is 0 Å². The normalized spacial score (nSPS) is 12.0. The zero-order chi connectivity index (χ0) is 13.5. The van der Waals surface area contributed by atoms with Gasteiger partial charge in [0.15, 0.2) is 0 Å². The molecule has 0 aliphatic rings. The minimum Gasteiger partial charge on any atom is -0.497 e. The highest BCUT2D eigenvalue weighted by Crippen LogP contribution is 2.26. The van der Waals surface area contributed by atoms with Crippen molar-refractivity contribution >= 4 is 15.9 Å². The molecule has 0 bridgehead atoms. The maximum Gasteiger partial charge on any atom is 0.123 e. The molecule has 1 rings (SSSR count). The van der Waals surface area contributed by atoms with Crippen LogP contribution in [0.5, 0.6) is 11.5 Å². The molecule has 2 N–H and O–H groups in total. The highest BCUT2D eigenvalue weighted by molar-refractivity contribution is 9.11. The Morgan fingerprint density at radius 1 is 1.50 bits per heavy atom. The van der Waals surface area contributed by atoms with Gasteiger partial charge in [-0.3, -0.25) is 0 Å². The molecule has 0 aliphatic heterocycles. The standard InChI is InChI=1S/C14H20BrNO2/c1-4-12(16)7-11-8-13(17-3)5-6-14(11)18-9-10(2)15/h5-6,8,12H,2,4,7,9,16H2,1,3H3. The molecule has 0 radical (unpaired) electrons. The minimum atomic E-state index is 0.131. The molecule has 18 heavy (non-hydrogen) atoms. The maximum absolute atomic E-state index is 6.00. The third kappa shape index (κ3) is 4.70. The van der Waals surface area contributed by atoms with Gasteiger partial charge in [0.2, 0.25) is 0 Å². The third-order valence-electron chi connectivity index (χ3n) is 2.66. The van der Waals surface area contributed by atoms with E-state index in [-0.39, 0.29) is 6.04 Å². The van der Waals surface area contributed by atoms with E-state index in [1.54, 1.807) is 7.11 Å². The molecule has 0 spiro atoms. The van der Waals surface area contributed by atoms with Crippen molar-refractivity contribution in [3.05, 3.63) is 34.8 Å². The SMILES string of the molecule is C=C(Br)COc1ccc(OC)cc1CC(N)CC. The number of rotatable bonds is 7. The summed E-state index contributed by atoms with van der Waals surface area (Å²) in [5, 5.41) is 0. The predicted octanol–water partition coefficient (Wildman–Crippen LogP) is 3.26. The lowest BCUT2D eigenvalue weighted by Gasteiger charge is -2.15. The van der Waals surface area contributed by atoms with E-state index in [4.69, 9.17) is 15.2 Å². The second-order valence-corrected chi connectivity index (χ2v) is 5.27. The molecule has 0 saturated heterocycles. The van der Waals surface area contributed by atoms with Crippen molar-refractivity contribution in [1.29, 1.82) is 0 Å². The number of methoxy groups -OCH3 is 1. The summed E-state index contributed by atoms with van der Waals surface area (Å²) in [4.78, 5) is 0. The van der Waals surface area contributed by atoms with Crippen molar-refractivity contribution in [3.63, 3.8) is 0 Å². The molecule has 1 aromatic rings. The smallest absolute Gasteiger partial charge is 0.123 e. The van der Waals surface area contributed by atoms with Crippen LogP contribution in [0.3, 0.4) is 0 Å². The van der Waals surface area contributed by atoms with E-state index < -0.39 is 0 Å². The first-order valence-corrected chi connectivity index (χ1v) is 6.74. The summed E-state index contributed by atoms with van der Waals surface area (Å²) in [6.07, 6.45) is 1.71. The van der Waals surface area contributed by atoms with Crippen LogP contribution in [0, 0.1) is 0 Å². The van der Waals surface area contributed by atoms with Gasteiger partial charge in [-0.25, -0.2) is 0 Å². The predicted molar refractivity (Wildman–Crippen MR) is 78.5 cm³/mol. The zero-order valence-corrected chi connectivity index (χ0v) is 12.5. The van der Waals surface area contributed by atoms with Crippen molar-refractivity contribution < 1.29 is 9.47 Å². The van der Waals surface area contributed by atoms with E-state index in [0.717, 1.165) is 34.4 Å². The van der Waals surface area contributed by atoms with Gasteiger partial charge in [0.25, 0.3) is 0 Å². The van der Waals surface area contributed by atoms with Crippen LogP contribution in [0.1, 0.15) is 18.9 Å². The summed E-state index contributed by atoms with van der Waals surface area (Å²) >= 11 is 3.28. The first kappa shape index (κ1) is 15.1. The number of benzene rings is 1. The Kier molecular flexibility index (Phi) is 6.22. The monoisotopic (exact) mass is 313 g/mol. The second-order valence-electron chi connectivity index (χ2n) is 4.15. The number of hydrogen-bond donors (Lipinski definition) is 1. The quantitative estimate of drug-likeness (QED) is 0.840. The van der Waals surface area contributed by atoms with Crippen LogP contribution in [-0.4, -0.2) is 19.8 Å². The number of hydrogen-bond acceptors (Lipinski definition) is 3. The first-order valence-electron chi connectivity index (χ1n) is 5.95. The number of halogens is 1. The minimum absolute atomic E-state index is 0.131. The van der Waals surface area contributed by atoms with Crippen LogP contribution in [0.2, 0.25) is 0 Å². The van der Waals surface area contributed by atoms with Gasteiger partial charge in [0, 0.05) is 10.5 Å². The maximum atomic E-state index is 6.00. The van der Waals surface area contributed by atoms with E-state index in [9.17, 15) is 0 Å². The van der Waals surface area contributed by atoms with Crippen LogP contribution in [0.4, 0.5) is 0 Å². The van der Waals surface area contributed by atoms with E-state index in [1.165, 1.54) is 0 Å². The Balaban J connectivity index is 2.89. The van der Waals surface area contributed by atoms with E-state index in [0.29, 0.717) is 6.61 Å². The lowest BCUT2D eigenvalue weighted by atomic mass is 10.0. The van der Waals surface area contributed by atoms with Crippen LogP contribution in [0.25, 0.3) is 0 Å². The molecular formula is C14H20BrNO2. The van der Waals surface area contributed by atoms with Crippen molar-refractivity contribution in [2.45, 2.75) is 25.8 Å². The summed E-state index contributed by atoms with van der Waals surface area (Å²) in [6, 6.07) is 5.90. The van der Waals surface area contributed by atoms with Crippen LogP contribution >= 0.6 is 15.9 Å². The summed E-state index contributed by atoms with van der Waals surface area (Å²) in [5.74, 6) is 1.65. The lowest BCUT2D eigenvalue weighted by Crippen LogP contribution is -2.21. The summed E-state index contributed by atoms with van der Waals surface area (Å²) < 4.78 is 11.7. The average molecular weight is 314 g/mol. The molecule has 0 aliphatic carbocycles. The Bertz CT molecular complexity index is 407. The average Bonchev–Trinajstić information content (AvgIpc) is 2.36. The number of nitrogens with two attached hydrogens (primary N) is 1. The van der Waals surface area contributed by atoms with Crippen molar-refractivity contribution in [3.8, 4) is 11.5 Å². The van der Waals surface area contributed by atoms with Crippen LogP contribution in [-0.2, 0) is 6.42 Å². The molecule has 0 aromatic heterocycles. The topological polar surface area (TPSA) is 44.5 Å². The van der Waals surface area contributed by atoms with E-state index in [2.05, 4.69) is 29.4 Å². The number of ether oxygens (including phenoxy) is 2. The molecule has 4 heteroatoms. The third-order valence-corrected chi connectivity index (χ3v) is 2.89. The molecule has 0 fully saturated rings. The fraction of sp³-hybridized carbons (Fsp3) is 0.429. The van der Waals surface area contributed by atoms with Gasteiger partial charge in [0.05, 0.1) is 7.11 Å². The zero-order valence-electron chi connectivity index (χ0n) is 10.9. The van der Waals surface area contributed by atoms with Gasteiger partial charge in [-0.05, 0) is 36.6 Å². The van der Waals surface area contributed by atoms with E-state index >= 15 is 0 Å². The fourth-order valence-corrected chi connectivity index (χ4v) is 1.68. The van der Waals surface area contributed by atoms with Gasteiger partial charge in [-0.15, -0.1) is 0 Å². The Hall–Kier alpha value is -1.00. The molecule has 1 unspecified atom stereocenters. The summed E-state index contributed by atoms with van der Waals surface area (Å²) in [5.41, 5.74) is 7.07. The van der Waals surface area contributed by atoms with Crippen molar-refractivity contribution in [2.24, 2.45) is 5.73 Å². The molecule has 0 heterocycles. The van der Waals surface area contributed by atoms with E-state index in [1.807, 2.05) is 18.2 Å². The molecule has 100 valence electrons. The van der Waals surface area contributed by atoms with Gasteiger partial charge in [-0.2, -0.15) is 0 Å². The Morgan fingerprint density at radius 2 is 2.22 bits per heavy atom. The van der Waals surface area contributed by atoms with Crippen LogP contribution in [0.15, 0.2) is 29.3 Å². The molecule has 0 saturated carbocycles. The highest BCUT2D eigenvalue weighted by Gasteiger charge is 2.10. The summed E-state index contributed by atoms with van der Waals surface area (Å²) in [6.45, 7) is 6.27. The second kappa shape index (κ2) is 7.44. The molecule has 1 aromatic carbocycles.